The maximum absolute atomic E-state index is 12.9. The molecule has 0 aromatic heterocycles. The summed E-state index contributed by atoms with van der Waals surface area (Å²) in [6.07, 6.45) is -1.06. The summed E-state index contributed by atoms with van der Waals surface area (Å²) in [5, 5.41) is 5.76. The molecule has 2 N–H and O–H groups in total. The summed E-state index contributed by atoms with van der Waals surface area (Å²) in [6.45, 7) is 2.97. The van der Waals surface area contributed by atoms with Crippen LogP contribution in [-0.2, 0) is 14.3 Å². The minimum absolute atomic E-state index is 0.248. The van der Waals surface area contributed by atoms with E-state index in [9.17, 15) is 14.4 Å². The molecule has 0 saturated carbocycles. The molecule has 0 aliphatic heterocycles. The van der Waals surface area contributed by atoms with Crippen LogP contribution in [0.4, 0.5) is 0 Å². The van der Waals surface area contributed by atoms with Crippen LogP contribution >= 0.6 is 11.6 Å². The Kier molecular flexibility index (Phi) is 8.22. The Morgan fingerprint density at radius 3 is 1.82 bits per heavy atom. The second kappa shape index (κ2) is 11.3. The third-order valence-electron chi connectivity index (χ3n) is 5.03. The molecular weight excluding hydrogens is 440 g/mol. The van der Waals surface area contributed by atoms with Crippen LogP contribution in [0, 0.1) is 0 Å². The fourth-order valence-corrected chi connectivity index (χ4v) is 3.44. The van der Waals surface area contributed by atoms with Gasteiger partial charge in [0, 0.05) is 0 Å². The number of ether oxygens (including phenoxy) is 1. The Hall–Kier alpha value is -3.64. The van der Waals surface area contributed by atoms with Crippen molar-refractivity contribution < 1.29 is 19.1 Å². The molecule has 7 heteroatoms. The lowest BCUT2D eigenvalue weighted by Crippen LogP contribution is -2.44. The average Bonchev–Trinajstić information content (AvgIpc) is 2.83. The number of halogens is 1. The number of nitrogens with one attached hydrogen (secondary N) is 2. The Morgan fingerprint density at radius 1 is 0.758 bits per heavy atom. The maximum Gasteiger partial charge on any atom is 0.329 e. The molecule has 0 bridgehead atoms. The average molecular weight is 465 g/mol. The first-order chi connectivity index (χ1) is 15.9. The van der Waals surface area contributed by atoms with Gasteiger partial charge in [-0.2, -0.15) is 0 Å². The van der Waals surface area contributed by atoms with E-state index >= 15 is 0 Å². The van der Waals surface area contributed by atoms with E-state index in [0.29, 0.717) is 0 Å². The van der Waals surface area contributed by atoms with Crippen molar-refractivity contribution in [3.05, 3.63) is 107 Å². The molecule has 0 aliphatic carbocycles. The van der Waals surface area contributed by atoms with Crippen molar-refractivity contribution in [3.63, 3.8) is 0 Å². The maximum atomic E-state index is 12.9. The van der Waals surface area contributed by atoms with Crippen LogP contribution in [0.15, 0.2) is 84.9 Å². The zero-order valence-electron chi connectivity index (χ0n) is 18.3. The highest BCUT2D eigenvalue weighted by atomic mass is 35.5. The van der Waals surface area contributed by atoms with Gasteiger partial charge in [-0.25, -0.2) is 4.79 Å². The fourth-order valence-electron chi connectivity index (χ4n) is 3.22. The number of carbonyl (C=O) groups excluding carboxylic acids is 3. The van der Waals surface area contributed by atoms with E-state index in [1.807, 2.05) is 60.7 Å². The van der Waals surface area contributed by atoms with Gasteiger partial charge in [0.05, 0.1) is 16.6 Å². The summed E-state index contributed by atoms with van der Waals surface area (Å²) in [4.78, 5) is 37.7. The third-order valence-corrected chi connectivity index (χ3v) is 5.36. The van der Waals surface area contributed by atoms with Crippen molar-refractivity contribution in [1.29, 1.82) is 0 Å². The van der Waals surface area contributed by atoms with Crippen molar-refractivity contribution in [2.24, 2.45) is 0 Å². The van der Waals surface area contributed by atoms with E-state index in [-0.39, 0.29) is 10.6 Å². The first kappa shape index (κ1) is 24.0. The first-order valence-electron chi connectivity index (χ1n) is 10.5. The van der Waals surface area contributed by atoms with Gasteiger partial charge in [-0.1, -0.05) is 84.4 Å². The van der Waals surface area contributed by atoms with Gasteiger partial charge in [-0.05, 0) is 37.1 Å². The molecule has 3 rings (SSSR count). The summed E-state index contributed by atoms with van der Waals surface area (Å²) in [5.41, 5.74) is 2.05. The van der Waals surface area contributed by atoms with Gasteiger partial charge in [-0.3, -0.25) is 9.59 Å². The summed E-state index contributed by atoms with van der Waals surface area (Å²) >= 11 is 6.03. The van der Waals surface area contributed by atoms with Gasteiger partial charge >= 0.3 is 5.97 Å². The highest BCUT2D eigenvalue weighted by molar-refractivity contribution is 6.33. The van der Waals surface area contributed by atoms with E-state index in [0.717, 1.165) is 11.1 Å². The molecule has 0 spiro atoms. The highest BCUT2D eigenvalue weighted by Gasteiger charge is 2.26. The number of carbonyl (C=O) groups is 3. The predicted octanol–water partition coefficient (Wildman–Crippen LogP) is 4.30. The van der Waals surface area contributed by atoms with E-state index in [4.69, 9.17) is 16.3 Å². The lowest BCUT2D eigenvalue weighted by atomic mass is 9.98. The van der Waals surface area contributed by atoms with Gasteiger partial charge in [-0.15, -0.1) is 0 Å². The number of rotatable bonds is 8. The molecule has 0 unspecified atom stereocenters. The fraction of sp³-hybridized carbons (Fsp3) is 0.192. The van der Waals surface area contributed by atoms with Crippen molar-refractivity contribution in [2.75, 3.05) is 0 Å². The Labute approximate surface area is 197 Å². The van der Waals surface area contributed by atoms with Crippen LogP contribution in [0.5, 0.6) is 0 Å². The zero-order valence-corrected chi connectivity index (χ0v) is 19.1. The molecule has 3 aromatic carbocycles. The van der Waals surface area contributed by atoms with E-state index in [2.05, 4.69) is 10.6 Å². The smallest absolute Gasteiger partial charge is 0.329 e. The minimum atomic E-state index is -1.06. The van der Waals surface area contributed by atoms with Crippen LogP contribution in [-0.4, -0.2) is 29.9 Å². The molecule has 0 radical (unpaired) electrons. The minimum Gasteiger partial charge on any atom is -0.451 e. The van der Waals surface area contributed by atoms with Crippen LogP contribution in [0.25, 0.3) is 0 Å². The first-order valence-corrected chi connectivity index (χ1v) is 10.9. The predicted molar refractivity (Wildman–Crippen MR) is 127 cm³/mol. The van der Waals surface area contributed by atoms with Crippen molar-refractivity contribution >= 4 is 29.4 Å². The van der Waals surface area contributed by atoms with E-state index < -0.39 is 36.0 Å². The second-order valence-electron chi connectivity index (χ2n) is 7.52. The van der Waals surface area contributed by atoms with Gasteiger partial charge in [0.2, 0.25) is 0 Å². The van der Waals surface area contributed by atoms with Crippen LogP contribution < -0.4 is 10.6 Å². The summed E-state index contributed by atoms with van der Waals surface area (Å²) in [6, 6.07) is 24.2. The summed E-state index contributed by atoms with van der Waals surface area (Å²) in [7, 11) is 0. The Morgan fingerprint density at radius 2 is 1.27 bits per heavy atom. The second-order valence-corrected chi connectivity index (χ2v) is 7.92. The topological polar surface area (TPSA) is 84.5 Å². The highest BCUT2D eigenvalue weighted by Crippen LogP contribution is 2.22. The molecule has 0 heterocycles. The molecule has 0 saturated heterocycles. The van der Waals surface area contributed by atoms with Crippen molar-refractivity contribution in [1.82, 2.24) is 10.6 Å². The van der Waals surface area contributed by atoms with Gasteiger partial charge < -0.3 is 15.4 Å². The molecule has 0 aliphatic rings. The summed E-state index contributed by atoms with van der Waals surface area (Å²) < 4.78 is 5.31. The molecule has 3 aromatic rings. The van der Waals surface area contributed by atoms with Gasteiger partial charge in [0.15, 0.2) is 6.10 Å². The van der Waals surface area contributed by atoms with Gasteiger partial charge in [0.1, 0.15) is 6.04 Å². The quantitative estimate of drug-likeness (QED) is 0.487. The monoisotopic (exact) mass is 464 g/mol. The zero-order chi connectivity index (χ0) is 23.8. The molecule has 2 amide bonds. The number of benzene rings is 3. The van der Waals surface area contributed by atoms with Crippen molar-refractivity contribution in [3.8, 4) is 0 Å². The third kappa shape index (κ3) is 6.43. The van der Waals surface area contributed by atoms with Crippen molar-refractivity contribution in [2.45, 2.75) is 32.0 Å². The lowest BCUT2D eigenvalue weighted by molar-refractivity contribution is -0.156. The lowest BCUT2D eigenvalue weighted by Gasteiger charge is -2.23. The van der Waals surface area contributed by atoms with Crippen LogP contribution in [0.2, 0.25) is 5.02 Å². The SMILES string of the molecule is C[C@H](OC(=O)[C@@H](C)NC(=O)c1ccccc1Cl)C(=O)NC(c1ccccc1)c1ccccc1. The summed E-state index contributed by atoms with van der Waals surface area (Å²) in [5.74, 6) is -1.69. The van der Waals surface area contributed by atoms with Gasteiger partial charge in [0.25, 0.3) is 11.8 Å². The van der Waals surface area contributed by atoms with Crippen LogP contribution in [0.3, 0.4) is 0 Å². The largest absolute Gasteiger partial charge is 0.451 e. The molecule has 2 atom stereocenters. The Balaban J connectivity index is 1.63. The Bertz CT molecular complexity index is 1070. The molecule has 6 nitrogen and oxygen atoms in total. The number of esters is 1. The van der Waals surface area contributed by atoms with Crippen LogP contribution in [0.1, 0.15) is 41.4 Å². The number of hydrogen-bond acceptors (Lipinski definition) is 4. The molecule has 33 heavy (non-hydrogen) atoms. The normalized spacial score (nSPS) is 12.5. The molecule has 170 valence electrons. The number of hydrogen-bond donors (Lipinski definition) is 2. The standard InChI is InChI=1S/C26H25ClN2O4/c1-17(28-25(31)21-15-9-10-16-22(21)27)26(32)33-18(2)24(30)29-23(19-11-5-3-6-12-19)20-13-7-4-8-14-20/h3-18,23H,1-2H3,(H,28,31)(H,29,30)/t17-,18+/m1/s1. The van der Waals surface area contributed by atoms with E-state index in [1.165, 1.54) is 13.8 Å². The molecular formula is C26H25ClN2O4. The molecule has 0 fully saturated rings. The number of amides is 2. The van der Waals surface area contributed by atoms with E-state index in [1.54, 1.807) is 24.3 Å².